The molecule has 156 valence electrons. The van der Waals surface area contributed by atoms with Crippen LogP contribution in [0.15, 0.2) is 24.3 Å². The highest BCUT2D eigenvalue weighted by Crippen LogP contribution is 2.60. The molecule has 2 bridgehead atoms. The fourth-order valence-electron chi connectivity index (χ4n) is 5.29. The van der Waals surface area contributed by atoms with E-state index in [4.69, 9.17) is 0 Å². The number of amides is 2. The molecule has 2 heterocycles. The number of rotatable bonds is 4. The van der Waals surface area contributed by atoms with Crippen LogP contribution in [0, 0.1) is 16.7 Å². The van der Waals surface area contributed by atoms with Gasteiger partial charge in [-0.15, -0.1) is 0 Å². The summed E-state index contributed by atoms with van der Waals surface area (Å²) >= 11 is 0. The van der Waals surface area contributed by atoms with Crippen LogP contribution in [0.5, 0.6) is 0 Å². The first-order valence-electron chi connectivity index (χ1n) is 10.6. The van der Waals surface area contributed by atoms with Crippen molar-refractivity contribution in [3.05, 3.63) is 29.8 Å². The number of anilines is 1. The third-order valence-electron chi connectivity index (χ3n) is 7.86. The van der Waals surface area contributed by atoms with E-state index in [1.165, 1.54) is 4.90 Å². The van der Waals surface area contributed by atoms with E-state index in [0.29, 0.717) is 6.67 Å². The second-order valence-electron chi connectivity index (χ2n) is 9.57. The topological polar surface area (TPSA) is 60.9 Å². The maximum absolute atomic E-state index is 13.2. The number of fused-ring (bicyclic) bond motifs is 2. The highest BCUT2D eigenvalue weighted by atomic mass is 16.2. The Labute approximate surface area is 172 Å². The second-order valence-corrected chi connectivity index (χ2v) is 9.57. The third-order valence-corrected chi connectivity index (χ3v) is 7.86. The summed E-state index contributed by atoms with van der Waals surface area (Å²) in [6, 6.07) is 7.72. The number of benzene rings is 1. The molecule has 0 unspecified atom stereocenters. The molecule has 3 aliphatic rings. The maximum Gasteiger partial charge on any atom is 0.236 e. The lowest BCUT2D eigenvalue weighted by atomic mass is 9.62. The van der Waals surface area contributed by atoms with Crippen molar-refractivity contribution in [3.63, 3.8) is 0 Å². The molecule has 1 saturated carbocycles. The number of hydrogen-bond donors (Lipinski definition) is 0. The van der Waals surface area contributed by atoms with Gasteiger partial charge in [0.1, 0.15) is 0 Å². The average Bonchev–Trinajstić information content (AvgIpc) is 2.89. The van der Waals surface area contributed by atoms with Crippen LogP contribution in [0.4, 0.5) is 5.69 Å². The number of piperidine rings is 1. The van der Waals surface area contributed by atoms with E-state index in [1.807, 2.05) is 31.2 Å². The third kappa shape index (κ3) is 3.08. The van der Waals surface area contributed by atoms with E-state index in [-0.39, 0.29) is 28.9 Å². The number of Topliss-reactive ketones (excluding diaryl/α,β-unsaturated/α-hetero) is 1. The molecule has 0 aromatic heterocycles. The molecule has 2 atom stereocenters. The summed E-state index contributed by atoms with van der Waals surface area (Å²) in [5, 5.41) is 0. The van der Waals surface area contributed by atoms with Crippen LogP contribution in [0.25, 0.3) is 0 Å². The minimum Gasteiger partial charge on any atom is -0.369 e. The van der Waals surface area contributed by atoms with Crippen molar-refractivity contribution in [2.24, 2.45) is 16.7 Å². The number of piperazine rings is 1. The van der Waals surface area contributed by atoms with E-state index in [9.17, 15) is 14.4 Å². The maximum atomic E-state index is 13.2. The lowest BCUT2D eigenvalue weighted by molar-refractivity contribution is -0.170. The summed E-state index contributed by atoms with van der Waals surface area (Å²) in [5.74, 6) is 0.0371. The Bertz CT molecular complexity index is 839. The normalized spacial score (nSPS) is 29.4. The molecule has 0 N–H and O–H groups in total. The second kappa shape index (κ2) is 6.94. The van der Waals surface area contributed by atoms with Gasteiger partial charge in [0.05, 0.1) is 12.1 Å². The lowest BCUT2D eigenvalue weighted by Crippen LogP contribution is -2.62. The highest BCUT2D eigenvalue weighted by molar-refractivity contribution is 6.03. The van der Waals surface area contributed by atoms with Crippen LogP contribution in [-0.4, -0.2) is 60.2 Å². The fraction of sp³-hybridized carbons (Fsp3) is 0.609. The molecule has 2 aliphatic heterocycles. The summed E-state index contributed by atoms with van der Waals surface area (Å²) in [5.41, 5.74) is 1.13. The predicted octanol–water partition coefficient (Wildman–Crippen LogP) is 2.78. The minimum absolute atomic E-state index is 0.00324. The Morgan fingerprint density at radius 3 is 2.24 bits per heavy atom. The number of ketones is 1. The standard InChI is InChI=1S/C23H31N3O3/c1-16(27)17-5-7-18(8-6-17)25-13-11-24(12-14-25)15-26-20(28)19-9-10-23(4,21(26)29)22(19,2)3/h5-8,19H,9-15H2,1-4H3/t19-,23+/m0/s1. The quantitative estimate of drug-likeness (QED) is 0.578. The molecule has 6 nitrogen and oxygen atoms in total. The minimum atomic E-state index is -0.439. The zero-order chi connectivity index (χ0) is 21.0. The summed E-state index contributed by atoms with van der Waals surface area (Å²) in [4.78, 5) is 43.7. The summed E-state index contributed by atoms with van der Waals surface area (Å²) in [6.45, 7) is 11.4. The molecule has 1 aromatic rings. The molecule has 1 aliphatic carbocycles. The van der Waals surface area contributed by atoms with Gasteiger partial charge in [-0.1, -0.05) is 20.8 Å². The molecule has 4 rings (SSSR count). The largest absolute Gasteiger partial charge is 0.369 e. The Balaban J connectivity index is 1.39. The molecule has 29 heavy (non-hydrogen) atoms. The van der Waals surface area contributed by atoms with Gasteiger partial charge in [-0.3, -0.25) is 24.2 Å². The monoisotopic (exact) mass is 397 g/mol. The molecule has 6 heteroatoms. The Kier molecular flexibility index (Phi) is 4.80. The van der Waals surface area contributed by atoms with Crippen LogP contribution in [-0.2, 0) is 9.59 Å². The SMILES string of the molecule is CC(=O)c1ccc(N2CCN(CN3C(=O)[C@@H]4CC[C@](C)(C3=O)C4(C)C)CC2)cc1. The first kappa shape index (κ1) is 20.1. The smallest absolute Gasteiger partial charge is 0.236 e. The van der Waals surface area contributed by atoms with E-state index < -0.39 is 5.41 Å². The van der Waals surface area contributed by atoms with E-state index in [2.05, 4.69) is 23.6 Å². The number of hydrogen-bond acceptors (Lipinski definition) is 5. The molecule has 0 radical (unpaired) electrons. The molecule has 3 fully saturated rings. The van der Waals surface area contributed by atoms with Crippen LogP contribution in [0.2, 0.25) is 0 Å². The summed E-state index contributed by atoms with van der Waals surface area (Å²) in [7, 11) is 0. The Morgan fingerprint density at radius 1 is 1.03 bits per heavy atom. The van der Waals surface area contributed by atoms with Gasteiger partial charge in [0.2, 0.25) is 11.8 Å². The predicted molar refractivity (Wildman–Crippen MR) is 112 cm³/mol. The van der Waals surface area contributed by atoms with Crippen molar-refractivity contribution in [2.45, 2.75) is 40.5 Å². The van der Waals surface area contributed by atoms with Gasteiger partial charge in [0.15, 0.2) is 5.78 Å². The van der Waals surface area contributed by atoms with Crippen LogP contribution >= 0.6 is 0 Å². The number of likely N-dealkylation sites (tertiary alicyclic amines) is 1. The van der Waals surface area contributed by atoms with E-state index >= 15 is 0 Å². The van der Waals surface area contributed by atoms with Gasteiger partial charge in [-0.2, -0.15) is 0 Å². The number of nitrogens with zero attached hydrogens (tertiary/aromatic N) is 3. The molecule has 2 saturated heterocycles. The molecule has 0 spiro atoms. The van der Waals surface area contributed by atoms with Crippen molar-refractivity contribution < 1.29 is 14.4 Å². The molecule has 2 amide bonds. The van der Waals surface area contributed by atoms with Crippen molar-refractivity contribution >= 4 is 23.3 Å². The van der Waals surface area contributed by atoms with Gasteiger partial charge < -0.3 is 4.90 Å². The first-order chi connectivity index (χ1) is 13.6. The number of imide groups is 1. The summed E-state index contributed by atoms with van der Waals surface area (Å²) in [6.07, 6.45) is 1.62. The zero-order valence-corrected chi connectivity index (χ0v) is 17.9. The van der Waals surface area contributed by atoms with Crippen molar-refractivity contribution in [1.82, 2.24) is 9.80 Å². The molecule has 1 aromatic carbocycles. The van der Waals surface area contributed by atoms with Gasteiger partial charge in [0, 0.05) is 43.3 Å². The first-order valence-corrected chi connectivity index (χ1v) is 10.6. The van der Waals surface area contributed by atoms with Crippen molar-refractivity contribution in [2.75, 3.05) is 37.7 Å². The van der Waals surface area contributed by atoms with E-state index in [0.717, 1.165) is 50.3 Å². The molecular formula is C23H31N3O3. The van der Waals surface area contributed by atoms with Gasteiger partial charge >= 0.3 is 0 Å². The van der Waals surface area contributed by atoms with E-state index in [1.54, 1.807) is 6.92 Å². The van der Waals surface area contributed by atoms with Gasteiger partial charge in [0.25, 0.3) is 0 Å². The van der Waals surface area contributed by atoms with Gasteiger partial charge in [-0.25, -0.2) is 0 Å². The summed E-state index contributed by atoms with van der Waals surface area (Å²) < 4.78 is 0. The Hall–Kier alpha value is -2.21. The zero-order valence-electron chi connectivity index (χ0n) is 17.9. The Morgan fingerprint density at radius 2 is 1.66 bits per heavy atom. The van der Waals surface area contributed by atoms with Crippen LogP contribution in [0.3, 0.4) is 0 Å². The van der Waals surface area contributed by atoms with Crippen LogP contribution < -0.4 is 4.90 Å². The van der Waals surface area contributed by atoms with Crippen LogP contribution in [0.1, 0.15) is 50.9 Å². The molecular weight excluding hydrogens is 366 g/mol. The average molecular weight is 398 g/mol. The highest BCUT2D eigenvalue weighted by Gasteiger charge is 2.64. The van der Waals surface area contributed by atoms with Gasteiger partial charge in [-0.05, 0) is 49.4 Å². The number of carbonyl (C=O) groups excluding carboxylic acids is 3. The van der Waals surface area contributed by atoms with Crippen molar-refractivity contribution in [1.29, 1.82) is 0 Å². The fourth-order valence-corrected chi connectivity index (χ4v) is 5.29. The lowest BCUT2D eigenvalue weighted by Gasteiger charge is -2.49. The van der Waals surface area contributed by atoms with Crippen molar-refractivity contribution in [3.8, 4) is 0 Å². The number of carbonyl (C=O) groups is 3.